The van der Waals surface area contributed by atoms with Gasteiger partial charge in [-0.15, -0.1) is 0 Å². The Morgan fingerprint density at radius 3 is 2.11 bits per heavy atom. The first-order chi connectivity index (χ1) is 12.8. The summed E-state index contributed by atoms with van der Waals surface area (Å²) < 4.78 is 27.0. The number of rotatable bonds is 6. The molecule has 3 aliphatic rings. The highest BCUT2D eigenvalue weighted by Crippen LogP contribution is 2.51. The number of benzene rings is 1. The zero-order chi connectivity index (χ0) is 19.3. The Labute approximate surface area is 163 Å². The van der Waals surface area contributed by atoms with Crippen LogP contribution in [0.3, 0.4) is 0 Å². The van der Waals surface area contributed by atoms with Crippen LogP contribution in [0.5, 0.6) is 5.75 Å². The highest BCUT2D eigenvalue weighted by molar-refractivity contribution is 7.89. The molecule has 3 saturated heterocycles. The zero-order valence-electron chi connectivity index (χ0n) is 16.6. The van der Waals surface area contributed by atoms with Crippen LogP contribution >= 0.6 is 0 Å². The standard InChI is InChI=1S/C21H32N2O3S/c1-14(2)27(25,26)22-12-18-19(13-22)21-11-10-20(18)23(21)15(3)4-5-16-6-8-17(24)9-7-16/h6-9,14-15,18-21,24H,4-5,10-13H2,1-3H3/t15?,18-,19+,20-,21+. The number of nitrogens with zero attached hydrogens (tertiary/aromatic N) is 2. The Bertz CT molecular complexity index is 757. The van der Waals surface area contributed by atoms with Crippen molar-refractivity contribution in [1.29, 1.82) is 0 Å². The fourth-order valence-corrected chi connectivity index (χ4v) is 7.09. The summed E-state index contributed by atoms with van der Waals surface area (Å²) in [7, 11) is -3.13. The van der Waals surface area contributed by atoms with Gasteiger partial charge in [0.2, 0.25) is 10.0 Å². The highest BCUT2D eigenvalue weighted by atomic mass is 32.2. The number of hydrogen-bond acceptors (Lipinski definition) is 4. The van der Waals surface area contributed by atoms with Gasteiger partial charge in [-0.05, 0) is 76.0 Å². The topological polar surface area (TPSA) is 60.9 Å². The van der Waals surface area contributed by atoms with Crippen molar-refractivity contribution in [3.63, 3.8) is 0 Å². The van der Waals surface area contributed by atoms with Crippen molar-refractivity contribution >= 4 is 10.0 Å². The third-order valence-corrected chi connectivity index (χ3v) is 9.35. The maximum absolute atomic E-state index is 12.6. The van der Waals surface area contributed by atoms with Crippen LogP contribution in [0, 0.1) is 11.8 Å². The van der Waals surface area contributed by atoms with Gasteiger partial charge in [0.25, 0.3) is 0 Å². The van der Waals surface area contributed by atoms with E-state index < -0.39 is 10.0 Å². The van der Waals surface area contributed by atoms with Crippen molar-refractivity contribution in [2.45, 2.75) is 69.8 Å². The van der Waals surface area contributed by atoms with Gasteiger partial charge < -0.3 is 5.11 Å². The van der Waals surface area contributed by atoms with E-state index in [1.807, 2.05) is 12.1 Å². The molecule has 1 aromatic carbocycles. The Morgan fingerprint density at radius 2 is 1.59 bits per heavy atom. The molecular weight excluding hydrogens is 360 g/mol. The minimum atomic E-state index is -3.13. The number of fused-ring (bicyclic) bond motifs is 5. The summed E-state index contributed by atoms with van der Waals surface area (Å²) in [5.74, 6) is 1.33. The van der Waals surface area contributed by atoms with Crippen molar-refractivity contribution in [1.82, 2.24) is 9.21 Å². The van der Waals surface area contributed by atoms with E-state index in [1.54, 1.807) is 30.3 Å². The van der Waals surface area contributed by atoms with Gasteiger partial charge in [-0.2, -0.15) is 0 Å². The Kier molecular flexibility index (Phi) is 5.02. The van der Waals surface area contributed by atoms with Crippen LogP contribution in [0.25, 0.3) is 0 Å². The summed E-state index contributed by atoms with van der Waals surface area (Å²) >= 11 is 0. The number of sulfonamides is 1. The normalized spacial score (nSPS) is 32.3. The van der Waals surface area contributed by atoms with E-state index in [-0.39, 0.29) is 5.25 Å². The molecule has 1 aromatic rings. The maximum Gasteiger partial charge on any atom is 0.216 e. The van der Waals surface area contributed by atoms with Gasteiger partial charge in [0.1, 0.15) is 5.75 Å². The SMILES string of the molecule is CC(CCc1ccc(O)cc1)N1[C@@H]2CC[C@H]1[C@H]1CN(S(=O)(=O)C(C)C)C[C@H]12. The van der Waals surface area contributed by atoms with E-state index in [0.717, 1.165) is 12.8 Å². The molecule has 0 spiro atoms. The van der Waals surface area contributed by atoms with Gasteiger partial charge in [0.15, 0.2) is 0 Å². The van der Waals surface area contributed by atoms with E-state index in [0.29, 0.717) is 48.8 Å². The maximum atomic E-state index is 12.6. The van der Waals surface area contributed by atoms with Crippen LogP contribution in [0.1, 0.15) is 45.6 Å². The summed E-state index contributed by atoms with van der Waals surface area (Å²) in [6.45, 7) is 7.34. The molecule has 3 fully saturated rings. The summed E-state index contributed by atoms with van der Waals surface area (Å²) in [4.78, 5) is 2.72. The van der Waals surface area contributed by atoms with E-state index >= 15 is 0 Å². The van der Waals surface area contributed by atoms with Gasteiger partial charge >= 0.3 is 0 Å². The first-order valence-corrected chi connectivity index (χ1v) is 11.8. The molecule has 0 aromatic heterocycles. The Balaban J connectivity index is 1.40. The summed E-state index contributed by atoms with van der Waals surface area (Å²) in [5, 5.41) is 9.11. The monoisotopic (exact) mass is 392 g/mol. The first kappa shape index (κ1) is 19.2. The van der Waals surface area contributed by atoms with Crippen molar-refractivity contribution in [3.8, 4) is 5.75 Å². The lowest BCUT2D eigenvalue weighted by atomic mass is 9.82. The molecule has 6 heteroatoms. The third-order valence-electron chi connectivity index (χ3n) is 7.14. The number of hydrogen-bond donors (Lipinski definition) is 1. The second kappa shape index (κ2) is 7.05. The number of phenols is 1. The van der Waals surface area contributed by atoms with Crippen LogP contribution in [0.4, 0.5) is 0 Å². The Morgan fingerprint density at radius 1 is 1.04 bits per heavy atom. The average molecular weight is 393 g/mol. The molecule has 0 saturated carbocycles. The molecule has 0 amide bonds. The number of phenolic OH excluding ortho intramolecular Hbond substituents is 1. The largest absolute Gasteiger partial charge is 0.508 e. The lowest BCUT2D eigenvalue weighted by Crippen LogP contribution is -2.43. The number of aromatic hydroxyl groups is 1. The van der Waals surface area contributed by atoms with Crippen molar-refractivity contribution in [2.75, 3.05) is 13.1 Å². The van der Waals surface area contributed by atoms with Crippen LogP contribution in [-0.4, -0.2) is 59.2 Å². The molecule has 1 unspecified atom stereocenters. The third kappa shape index (κ3) is 3.30. The molecule has 2 bridgehead atoms. The first-order valence-electron chi connectivity index (χ1n) is 10.3. The van der Waals surface area contributed by atoms with Crippen LogP contribution in [0.2, 0.25) is 0 Å². The predicted molar refractivity (Wildman–Crippen MR) is 107 cm³/mol. The van der Waals surface area contributed by atoms with Crippen molar-refractivity contribution in [3.05, 3.63) is 29.8 Å². The minimum Gasteiger partial charge on any atom is -0.508 e. The molecule has 5 atom stereocenters. The van der Waals surface area contributed by atoms with Gasteiger partial charge in [-0.1, -0.05) is 12.1 Å². The molecule has 4 rings (SSSR count). The van der Waals surface area contributed by atoms with Gasteiger partial charge in [0, 0.05) is 31.2 Å². The van der Waals surface area contributed by atoms with Crippen molar-refractivity contribution < 1.29 is 13.5 Å². The van der Waals surface area contributed by atoms with E-state index in [1.165, 1.54) is 18.4 Å². The van der Waals surface area contributed by atoms with E-state index in [2.05, 4.69) is 11.8 Å². The van der Waals surface area contributed by atoms with Gasteiger partial charge in [0.05, 0.1) is 5.25 Å². The Hall–Kier alpha value is -1.11. The summed E-state index contributed by atoms with van der Waals surface area (Å²) in [6.07, 6.45) is 4.54. The fraction of sp³-hybridized carbons (Fsp3) is 0.714. The van der Waals surface area contributed by atoms with Gasteiger partial charge in [-0.25, -0.2) is 12.7 Å². The lowest BCUT2D eigenvalue weighted by Gasteiger charge is -2.32. The molecule has 3 aliphatic heterocycles. The second-order valence-electron chi connectivity index (χ2n) is 8.95. The van der Waals surface area contributed by atoms with Gasteiger partial charge in [-0.3, -0.25) is 4.90 Å². The van der Waals surface area contributed by atoms with E-state index in [4.69, 9.17) is 0 Å². The molecule has 150 valence electrons. The molecule has 0 aliphatic carbocycles. The summed E-state index contributed by atoms with van der Waals surface area (Å²) in [5.41, 5.74) is 1.26. The predicted octanol–water partition coefficient (Wildman–Crippen LogP) is 2.85. The number of aryl methyl sites for hydroxylation is 1. The molecular formula is C21H32N2O3S. The lowest BCUT2D eigenvalue weighted by molar-refractivity contribution is 0.154. The summed E-state index contributed by atoms with van der Waals surface area (Å²) in [6, 6.07) is 9.12. The quantitative estimate of drug-likeness (QED) is 0.809. The smallest absolute Gasteiger partial charge is 0.216 e. The second-order valence-corrected chi connectivity index (χ2v) is 11.4. The van der Waals surface area contributed by atoms with Crippen LogP contribution in [0.15, 0.2) is 24.3 Å². The average Bonchev–Trinajstić information content (AvgIpc) is 3.31. The molecule has 3 heterocycles. The highest BCUT2D eigenvalue weighted by Gasteiger charge is 2.58. The zero-order valence-corrected chi connectivity index (χ0v) is 17.4. The molecule has 27 heavy (non-hydrogen) atoms. The minimum absolute atomic E-state index is 0.318. The molecule has 1 N–H and O–H groups in total. The van der Waals surface area contributed by atoms with E-state index in [9.17, 15) is 13.5 Å². The van der Waals surface area contributed by atoms with Crippen molar-refractivity contribution in [2.24, 2.45) is 11.8 Å². The van der Waals surface area contributed by atoms with Crippen LogP contribution in [-0.2, 0) is 16.4 Å². The molecule has 0 radical (unpaired) electrons. The molecule has 5 nitrogen and oxygen atoms in total. The van der Waals surface area contributed by atoms with Crippen LogP contribution < -0.4 is 0 Å². The fourth-order valence-electron chi connectivity index (χ4n) is 5.73.